The number of nitrogens with zero attached hydrogens (tertiary/aromatic N) is 1. The van der Waals surface area contributed by atoms with E-state index in [2.05, 4.69) is 15.3 Å². The standard InChI is InChI=1S/C16H20ClN3O2.C2H6/c1-16(2,3)22-15(21)18-9-8-13-10-19-14(20-13)11-4-6-12(17)7-5-11;1-2/h4-7,10H,8-9H2,1-3H3,(H,18,21)(H,19,20);1-2H3. The van der Waals surface area contributed by atoms with Gasteiger partial charge in [0, 0.05) is 35.4 Å². The highest BCUT2D eigenvalue weighted by Crippen LogP contribution is 2.18. The van der Waals surface area contributed by atoms with E-state index in [0.717, 1.165) is 17.1 Å². The predicted octanol–water partition coefficient (Wildman–Crippen LogP) is 4.82. The lowest BCUT2D eigenvalue weighted by Crippen LogP contribution is -2.33. The van der Waals surface area contributed by atoms with Crippen LogP contribution in [-0.4, -0.2) is 28.2 Å². The normalized spacial score (nSPS) is 10.6. The van der Waals surface area contributed by atoms with Crippen LogP contribution in [0.1, 0.15) is 40.3 Å². The van der Waals surface area contributed by atoms with Crippen molar-refractivity contribution in [2.75, 3.05) is 6.54 Å². The van der Waals surface area contributed by atoms with Crippen LogP contribution in [0.4, 0.5) is 4.79 Å². The Morgan fingerprint density at radius 3 is 2.46 bits per heavy atom. The van der Waals surface area contributed by atoms with E-state index in [1.807, 2.05) is 58.9 Å². The first-order chi connectivity index (χ1) is 11.3. The van der Waals surface area contributed by atoms with Crippen LogP contribution in [0, 0.1) is 0 Å². The second-order valence-corrected chi connectivity index (χ2v) is 6.38. The van der Waals surface area contributed by atoms with Crippen molar-refractivity contribution in [3.63, 3.8) is 0 Å². The van der Waals surface area contributed by atoms with Crippen molar-refractivity contribution in [1.82, 2.24) is 15.3 Å². The van der Waals surface area contributed by atoms with Crippen molar-refractivity contribution in [3.05, 3.63) is 41.2 Å². The van der Waals surface area contributed by atoms with Crippen LogP contribution in [0.5, 0.6) is 0 Å². The molecule has 0 unspecified atom stereocenters. The van der Waals surface area contributed by atoms with Crippen LogP contribution in [-0.2, 0) is 11.2 Å². The average molecular weight is 352 g/mol. The number of carbonyl (C=O) groups is 1. The summed E-state index contributed by atoms with van der Waals surface area (Å²) >= 11 is 5.87. The van der Waals surface area contributed by atoms with E-state index < -0.39 is 11.7 Å². The Bertz CT molecular complexity index is 630. The van der Waals surface area contributed by atoms with Gasteiger partial charge in [0.15, 0.2) is 0 Å². The lowest BCUT2D eigenvalue weighted by molar-refractivity contribution is 0.0528. The molecule has 1 aromatic carbocycles. The van der Waals surface area contributed by atoms with E-state index in [0.29, 0.717) is 18.0 Å². The molecule has 1 heterocycles. The molecule has 0 aliphatic carbocycles. The number of amides is 1. The second-order valence-electron chi connectivity index (χ2n) is 5.94. The van der Waals surface area contributed by atoms with Crippen molar-refractivity contribution < 1.29 is 9.53 Å². The topological polar surface area (TPSA) is 67.0 Å². The number of imidazole rings is 1. The summed E-state index contributed by atoms with van der Waals surface area (Å²) in [6.07, 6.45) is 2.01. The molecule has 1 aromatic heterocycles. The third kappa shape index (κ3) is 7.04. The van der Waals surface area contributed by atoms with E-state index in [1.54, 1.807) is 6.20 Å². The zero-order valence-corrected chi connectivity index (χ0v) is 15.7. The molecular formula is C18H26ClN3O2. The van der Waals surface area contributed by atoms with Crippen molar-refractivity contribution >= 4 is 17.7 Å². The maximum Gasteiger partial charge on any atom is 0.407 e. The van der Waals surface area contributed by atoms with Crippen molar-refractivity contribution in [2.24, 2.45) is 0 Å². The van der Waals surface area contributed by atoms with Gasteiger partial charge in [-0.25, -0.2) is 9.78 Å². The minimum absolute atomic E-state index is 0.412. The lowest BCUT2D eigenvalue weighted by Gasteiger charge is -2.19. The molecule has 24 heavy (non-hydrogen) atoms. The Morgan fingerprint density at radius 1 is 1.25 bits per heavy atom. The molecule has 2 rings (SSSR count). The summed E-state index contributed by atoms with van der Waals surface area (Å²) in [7, 11) is 0. The van der Waals surface area contributed by atoms with Crippen LogP contribution >= 0.6 is 11.6 Å². The largest absolute Gasteiger partial charge is 0.444 e. The molecule has 5 nitrogen and oxygen atoms in total. The fraction of sp³-hybridized carbons (Fsp3) is 0.444. The first kappa shape index (κ1) is 20.0. The third-order valence-electron chi connectivity index (χ3n) is 2.81. The van der Waals surface area contributed by atoms with Crippen LogP contribution in [0.2, 0.25) is 5.02 Å². The van der Waals surface area contributed by atoms with Crippen LogP contribution in [0.25, 0.3) is 11.4 Å². The summed E-state index contributed by atoms with van der Waals surface area (Å²) in [6, 6.07) is 7.46. The molecule has 0 radical (unpaired) electrons. The van der Waals surface area contributed by atoms with Crippen LogP contribution in [0.15, 0.2) is 30.5 Å². The number of hydrogen-bond acceptors (Lipinski definition) is 3. The van der Waals surface area contributed by atoms with Gasteiger partial charge in [-0.3, -0.25) is 0 Å². The van der Waals surface area contributed by atoms with Gasteiger partial charge < -0.3 is 15.0 Å². The van der Waals surface area contributed by atoms with E-state index in [-0.39, 0.29) is 0 Å². The quantitative estimate of drug-likeness (QED) is 0.829. The monoisotopic (exact) mass is 351 g/mol. The molecule has 0 fully saturated rings. The van der Waals surface area contributed by atoms with E-state index in [1.165, 1.54) is 0 Å². The Labute approximate surface area is 148 Å². The summed E-state index contributed by atoms with van der Waals surface area (Å²) in [5, 5.41) is 3.41. The van der Waals surface area contributed by atoms with Crippen molar-refractivity contribution in [3.8, 4) is 11.4 Å². The zero-order chi connectivity index (χ0) is 18.2. The number of alkyl carbamates (subject to hydrolysis) is 1. The predicted molar refractivity (Wildman–Crippen MR) is 98.3 cm³/mol. The Kier molecular flexibility index (Phi) is 7.79. The molecule has 0 aliphatic heterocycles. The summed E-state index contributed by atoms with van der Waals surface area (Å²) in [5.41, 5.74) is 1.43. The molecule has 0 bridgehead atoms. The summed E-state index contributed by atoms with van der Waals surface area (Å²) in [6.45, 7) is 9.98. The molecule has 0 saturated carbocycles. The molecule has 6 heteroatoms. The lowest BCUT2D eigenvalue weighted by atomic mass is 10.2. The molecule has 132 valence electrons. The maximum absolute atomic E-state index is 11.5. The molecule has 2 aromatic rings. The highest BCUT2D eigenvalue weighted by Gasteiger charge is 2.15. The zero-order valence-electron chi connectivity index (χ0n) is 14.9. The smallest absolute Gasteiger partial charge is 0.407 e. The van der Waals surface area contributed by atoms with Gasteiger partial charge in [0.25, 0.3) is 0 Å². The van der Waals surface area contributed by atoms with Gasteiger partial charge in [0.2, 0.25) is 0 Å². The van der Waals surface area contributed by atoms with E-state index in [9.17, 15) is 4.79 Å². The van der Waals surface area contributed by atoms with E-state index in [4.69, 9.17) is 16.3 Å². The number of rotatable bonds is 4. The van der Waals surface area contributed by atoms with Crippen molar-refractivity contribution in [1.29, 1.82) is 0 Å². The molecule has 2 N–H and O–H groups in total. The first-order valence-electron chi connectivity index (χ1n) is 8.10. The molecule has 0 atom stereocenters. The fourth-order valence-electron chi connectivity index (χ4n) is 1.85. The first-order valence-corrected chi connectivity index (χ1v) is 8.48. The number of carbonyl (C=O) groups excluding carboxylic acids is 1. The second kappa shape index (κ2) is 9.33. The molecular weight excluding hydrogens is 326 g/mol. The number of hydrogen-bond donors (Lipinski definition) is 2. The highest BCUT2D eigenvalue weighted by atomic mass is 35.5. The number of nitrogens with one attached hydrogen (secondary N) is 2. The fourth-order valence-corrected chi connectivity index (χ4v) is 1.98. The summed E-state index contributed by atoms with van der Waals surface area (Å²) in [4.78, 5) is 19.1. The Morgan fingerprint density at radius 2 is 1.88 bits per heavy atom. The van der Waals surface area contributed by atoms with Gasteiger partial charge >= 0.3 is 6.09 Å². The van der Waals surface area contributed by atoms with Gasteiger partial charge in [-0.2, -0.15) is 0 Å². The summed E-state index contributed by atoms with van der Waals surface area (Å²) in [5.74, 6) is 0.781. The number of H-pyrrole nitrogens is 1. The van der Waals surface area contributed by atoms with Gasteiger partial charge in [0.1, 0.15) is 11.4 Å². The molecule has 0 spiro atoms. The molecule has 1 amide bonds. The van der Waals surface area contributed by atoms with Crippen LogP contribution < -0.4 is 5.32 Å². The highest BCUT2D eigenvalue weighted by molar-refractivity contribution is 6.30. The third-order valence-corrected chi connectivity index (χ3v) is 3.06. The van der Waals surface area contributed by atoms with Crippen molar-refractivity contribution in [2.45, 2.75) is 46.6 Å². The number of aromatic nitrogens is 2. The Balaban J connectivity index is 0.00000139. The summed E-state index contributed by atoms with van der Waals surface area (Å²) < 4.78 is 5.17. The van der Waals surface area contributed by atoms with Crippen LogP contribution in [0.3, 0.4) is 0 Å². The number of halogens is 1. The average Bonchev–Trinajstić information content (AvgIpc) is 2.97. The van der Waals surface area contributed by atoms with Gasteiger partial charge in [0.05, 0.1) is 0 Å². The van der Waals surface area contributed by atoms with E-state index >= 15 is 0 Å². The number of ether oxygens (including phenoxy) is 1. The van der Waals surface area contributed by atoms with Gasteiger partial charge in [-0.05, 0) is 45.0 Å². The van der Waals surface area contributed by atoms with Gasteiger partial charge in [-0.1, -0.05) is 25.4 Å². The minimum atomic E-state index is -0.486. The Hall–Kier alpha value is -2.01. The number of benzene rings is 1. The maximum atomic E-state index is 11.5. The minimum Gasteiger partial charge on any atom is -0.444 e. The number of aromatic amines is 1. The van der Waals surface area contributed by atoms with Gasteiger partial charge in [-0.15, -0.1) is 0 Å². The molecule has 0 aliphatic rings. The molecule has 0 saturated heterocycles. The SMILES string of the molecule is CC.CC(C)(C)OC(=O)NCCc1cnc(-c2ccc(Cl)cc2)[nH]1.